The molecular weight excluding hydrogens is 400 g/mol. The van der Waals surface area contributed by atoms with Crippen molar-refractivity contribution in [3.05, 3.63) is 74.6 Å². The number of aromatic nitrogens is 2. The number of thiocyanates is 1. The Hall–Kier alpha value is -2.56. The lowest BCUT2D eigenvalue weighted by molar-refractivity contribution is 0.835. The van der Waals surface area contributed by atoms with Crippen LogP contribution in [-0.4, -0.2) is 16.0 Å². The van der Waals surface area contributed by atoms with E-state index >= 15 is 0 Å². The Morgan fingerprint density at radius 3 is 2.52 bits per heavy atom. The number of aromatic amines is 1. The lowest BCUT2D eigenvalue weighted by atomic mass is 10.2. The summed E-state index contributed by atoms with van der Waals surface area (Å²) in [5.74, 6) is 0. The minimum atomic E-state index is -0.153. The van der Waals surface area contributed by atoms with Crippen molar-refractivity contribution in [2.45, 2.75) is 11.8 Å². The molecular formula is C18H13BrN4OS. The first kappa shape index (κ1) is 17.3. The second kappa shape index (κ2) is 7.55. The predicted molar refractivity (Wildman–Crippen MR) is 104 cm³/mol. The van der Waals surface area contributed by atoms with Crippen molar-refractivity contribution in [2.24, 2.45) is 4.99 Å². The highest BCUT2D eigenvalue weighted by molar-refractivity contribution is 9.10. The fourth-order valence-electron chi connectivity index (χ4n) is 2.28. The molecule has 0 bridgehead atoms. The smallest absolute Gasteiger partial charge is 0.280 e. The predicted octanol–water partition coefficient (Wildman–Crippen LogP) is 4.56. The van der Waals surface area contributed by atoms with Crippen LogP contribution < -0.4 is 5.56 Å². The second-order valence-electron chi connectivity index (χ2n) is 5.21. The first-order valence-electron chi connectivity index (χ1n) is 7.36. The molecule has 0 aliphatic rings. The third-order valence-electron chi connectivity index (χ3n) is 3.54. The Balaban J connectivity index is 1.89. The molecule has 7 heteroatoms. The Morgan fingerprint density at radius 2 is 1.88 bits per heavy atom. The van der Waals surface area contributed by atoms with E-state index in [0.717, 1.165) is 38.2 Å². The van der Waals surface area contributed by atoms with Crippen molar-refractivity contribution < 1.29 is 0 Å². The van der Waals surface area contributed by atoms with E-state index in [9.17, 15) is 4.79 Å². The Morgan fingerprint density at radius 1 is 1.20 bits per heavy atom. The first-order valence-corrected chi connectivity index (χ1v) is 8.97. The molecule has 0 saturated carbocycles. The summed E-state index contributed by atoms with van der Waals surface area (Å²) in [6.45, 7) is 1.84. The van der Waals surface area contributed by atoms with Gasteiger partial charge in [-0.05, 0) is 67.2 Å². The zero-order valence-electron chi connectivity index (χ0n) is 13.2. The normalized spacial score (nSPS) is 10.9. The summed E-state index contributed by atoms with van der Waals surface area (Å²) in [4.78, 5) is 17.8. The summed E-state index contributed by atoms with van der Waals surface area (Å²) in [5, 5.41) is 13.7. The lowest BCUT2D eigenvalue weighted by Gasteiger charge is -2.00. The van der Waals surface area contributed by atoms with Gasteiger partial charge in [0, 0.05) is 21.3 Å². The highest BCUT2D eigenvalue weighted by Gasteiger charge is 2.10. The van der Waals surface area contributed by atoms with Crippen LogP contribution in [0.1, 0.15) is 11.3 Å². The number of H-pyrrole nitrogens is 1. The molecule has 25 heavy (non-hydrogen) atoms. The number of rotatable bonds is 4. The fraction of sp³-hybridized carbons (Fsp3) is 0.0556. The molecule has 1 N–H and O–H groups in total. The number of nitrogens with zero attached hydrogens (tertiary/aromatic N) is 3. The maximum absolute atomic E-state index is 12.6. The van der Waals surface area contributed by atoms with Gasteiger partial charge in [0.1, 0.15) is 5.40 Å². The number of halogens is 1. The number of benzene rings is 2. The standard InChI is InChI=1S/C18H13BrN4OS/c1-12-17(10-21-14-4-8-16(9-5-14)25-11-20)18(24)23(22-12)15-6-2-13(19)3-7-15/h2-10,22H,1H3. The van der Waals surface area contributed by atoms with Gasteiger partial charge >= 0.3 is 0 Å². The zero-order chi connectivity index (χ0) is 17.8. The van der Waals surface area contributed by atoms with Crippen LogP contribution in [0.15, 0.2) is 67.7 Å². The summed E-state index contributed by atoms with van der Waals surface area (Å²) in [6, 6.07) is 14.7. The van der Waals surface area contributed by atoms with E-state index in [4.69, 9.17) is 5.26 Å². The molecule has 0 amide bonds. The fourth-order valence-corrected chi connectivity index (χ4v) is 2.92. The number of nitrogens with one attached hydrogen (secondary N) is 1. The van der Waals surface area contributed by atoms with Gasteiger partial charge < -0.3 is 0 Å². The Kier molecular flexibility index (Phi) is 5.22. The van der Waals surface area contributed by atoms with E-state index in [1.165, 1.54) is 4.68 Å². The third kappa shape index (κ3) is 3.92. The van der Waals surface area contributed by atoms with Crippen molar-refractivity contribution in [2.75, 3.05) is 0 Å². The van der Waals surface area contributed by atoms with Gasteiger partial charge in [-0.1, -0.05) is 15.9 Å². The molecule has 2 aromatic carbocycles. The van der Waals surface area contributed by atoms with Crippen molar-refractivity contribution in [3.8, 4) is 11.1 Å². The van der Waals surface area contributed by atoms with Gasteiger partial charge in [0.25, 0.3) is 5.56 Å². The largest absolute Gasteiger partial charge is 0.295 e. The molecule has 0 radical (unpaired) electrons. The van der Waals surface area contributed by atoms with E-state index in [2.05, 4.69) is 26.0 Å². The Labute approximate surface area is 157 Å². The molecule has 0 fully saturated rings. The molecule has 124 valence electrons. The number of thioether (sulfide) groups is 1. The summed E-state index contributed by atoms with van der Waals surface area (Å²) in [5.41, 5.74) is 2.58. The Bertz CT molecular complexity index is 1010. The molecule has 1 heterocycles. The molecule has 0 aliphatic heterocycles. The topological polar surface area (TPSA) is 73.9 Å². The van der Waals surface area contributed by atoms with E-state index in [0.29, 0.717) is 5.56 Å². The lowest BCUT2D eigenvalue weighted by Crippen LogP contribution is -2.17. The number of nitriles is 1. The summed E-state index contributed by atoms with van der Waals surface area (Å²) >= 11 is 4.48. The van der Waals surface area contributed by atoms with Gasteiger partial charge in [0.2, 0.25) is 0 Å². The van der Waals surface area contributed by atoms with Gasteiger partial charge in [-0.15, -0.1) is 0 Å². The summed E-state index contributed by atoms with van der Waals surface area (Å²) in [6.07, 6.45) is 1.57. The van der Waals surface area contributed by atoms with Crippen LogP contribution in [0.25, 0.3) is 5.69 Å². The van der Waals surface area contributed by atoms with Gasteiger partial charge in [-0.3, -0.25) is 14.9 Å². The van der Waals surface area contributed by atoms with Crippen molar-refractivity contribution in [3.63, 3.8) is 0 Å². The monoisotopic (exact) mass is 412 g/mol. The van der Waals surface area contributed by atoms with Gasteiger partial charge in [-0.25, -0.2) is 4.68 Å². The van der Waals surface area contributed by atoms with Crippen molar-refractivity contribution in [1.82, 2.24) is 9.78 Å². The van der Waals surface area contributed by atoms with Crippen molar-refractivity contribution in [1.29, 1.82) is 5.26 Å². The molecule has 5 nitrogen and oxygen atoms in total. The minimum Gasteiger partial charge on any atom is -0.295 e. The summed E-state index contributed by atoms with van der Waals surface area (Å²) < 4.78 is 2.45. The average molecular weight is 413 g/mol. The SMILES string of the molecule is Cc1[nH]n(-c2ccc(Br)cc2)c(=O)c1C=Nc1ccc(SC#N)cc1. The van der Waals surface area contributed by atoms with Crippen LogP contribution in [0.4, 0.5) is 5.69 Å². The highest BCUT2D eigenvalue weighted by Crippen LogP contribution is 2.20. The molecule has 3 aromatic rings. The van der Waals surface area contributed by atoms with E-state index in [1.807, 2.05) is 60.9 Å². The van der Waals surface area contributed by atoms with Crippen LogP contribution in [0.2, 0.25) is 0 Å². The van der Waals surface area contributed by atoms with Crippen molar-refractivity contribution >= 4 is 39.6 Å². The number of hydrogen-bond donors (Lipinski definition) is 1. The quantitative estimate of drug-likeness (QED) is 0.387. The van der Waals surface area contributed by atoms with Crippen LogP contribution in [-0.2, 0) is 0 Å². The van der Waals surface area contributed by atoms with Crippen LogP contribution >= 0.6 is 27.7 Å². The maximum atomic E-state index is 12.6. The second-order valence-corrected chi connectivity index (χ2v) is 6.99. The maximum Gasteiger partial charge on any atom is 0.280 e. The number of hydrogen-bond acceptors (Lipinski definition) is 4. The molecule has 3 rings (SSSR count). The summed E-state index contributed by atoms with van der Waals surface area (Å²) in [7, 11) is 0. The van der Waals surface area contributed by atoms with Gasteiger partial charge in [0.15, 0.2) is 0 Å². The van der Waals surface area contributed by atoms with Gasteiger partial charge in [-0.2, -0.15) is 5.26 Å². The third-order valence-corrected chi connectivity index (χ3v) is 4.67. The first-order chi connectivity index (χ1) is 12.1. The van der Waals surface area contributed by atoms with Crippen LogP contribution in [0, 0.1) is 17.6 Å². The van der Waals surface area contributed by atoms with E-state index in [1.54, 1.807) is 6.21 Å². The number of aliphatic imine (C=N–C) groups is 1. The van der Waals surface area contributed by atoms with Crippen LogP contribution in [0.3, 0.4) is 0 Å². The zero-order valence-corrected chi connectivity index (χ0v) is 15.6. The average Bonchev–Trinajstić information content (AvgIpc) is 2.90. The molecule has 0 spiro atoms. The molecule has 0 aliphatic carbocycles. The van der Waals surface area contributed by atoms with Crippen LogP contribution in [0.5, 0.6) is 0 Å². The van der Waals surface area contributed by atoms with E-state index in [-0.39, 0.29) is 5.56 Å². The number of aryl methyl sites for hydroxylation is 1. The molecule has 1 aromatic heterocycles. The van der Waals surface area contributed by atoms with E-state index < -0.39 is 0 Å². The van der Waals surface area contributed by atoms with Gasteiger partial charge in [0.05, 0.1) is 16.9 Å². The molecule has 0 saturated heterocycles. The highest BCUT2D eigenvalue weighted by atomic mass is 79.9. The molecule has 0 atom stereocenters. The molecule has 0 unspecified atom stereocenters. The minimum absolute atomic E-state index is 0.153.